The van der Waals surface area contributed by atoms with Crippen LogP contribution in [0.5, 0.6) is 0 Å². The van der Waals surface area contributed by atoms with Crippen LogP contribution in [0, 0.1) is 5.92 Å². The van der Waals surface area contributed by atoms with Crippen LogP contribution in [-0.2, 0) is 11.3 Å². The van der Waals surface area contributed by atoms with Crippen molar-refractivity contribution >= 4 is 45.2 Å². The molecule has 3 aliphatic heterocycles. The summed E-state index contributed by atoms with van der Waals surface area (Å²) in [5.74, 6) is -0.0358. The standard InChI is InChI=1S/C33H36BrN5O5/c1-2-44-33(43)37-14-12-24(13-15-37)35-31(41)22-10-11-29(27(17-22)36-32(42)25-6-3-4-7-26(25)34)38-18-21-16-23(20-38)28-8-5-9-30(40)39(28)19-21/h3-11,17,21,23-24H,2,12-16,18-20H2,1H3,(H,35,41)(H,36,42). The maximum absolute atomic E-state index is 13.5. The average molecular weight is 663 g/mol. The van der Waals surface area contributed by atoms with Gasteiger partial charge in [-0.2, -0.15) is 0 Å². The van der Waals surface area contributed by atoms with E-state index in [1.807, 2.05) is 41.0 Å². The molecule has 11 heteroatoms. The predicted octanol–water partition coefficient (Wildman–Crippen LogP) is 4.84. The molecule has 0 saturated carbocycles. The van der Waals surface area contributed by atoms with Crippen LogP contribution in [0.3, 0.4) is 0 Å². The molecule has 0 spiro atoms. The minimum absolute atomic E-state index is 0.0361. The third-order valence-electron chi connectivity index (χ3n) is 8.80. The van der Waals surface area contributed by atoms with Crippen LogP contribution >= 0.6 is 15.9 Å². The number of benzene rings is 2. The third kappa shape index (κ3) is 6.24. The number of halogens is 1. The Balaban J connectivity index is 1.24. The molecule has 6 rings (SSSR count). The van der Waals surface area contributed by atoms with Crippen molar-refractivity contribution in [2.75, 3.05) is 43.0 Å². The molecule has 2 N–H and O–H groups in total. The second-order valence-corrected chi connectivity index (χ2v) is 12.6. The first-order chi connectivity index (χ1) is 21.3. The van der Waals surface area contributed by atoms with Gasteiger partial charge in [-0.15, -0.1) is 0 Å². The fraction of sp³-hybridized carbons (Fsp3) is 0.394. The van der Waals surface area contributed by atoms with Gasteiger partial charge in [-0.1, -0.05) is 18.2 Å². The molecular weight excluding hydrogens is 626 g/mol. The van der Waals surface area contributed by atoms with Crippen LogP contribution in [-0.4, -0.2) is 66.2 Å². The molecule has 3 aliphatic rings. The lowest BCUT2D eigenvalue weighted by Gasteiger charge is -2.44. The molecule has 2 saturated heterocycles. The lowest BCUT2D eigenvalue weighted by Crippen LogP contribution is -2.47. The van der Waals surface area contributed by atoms with E-state index in [9.17, 15) is 19.2 Å². The quantitative estimate of drug-likeness (QED) is 0.391. The molecule has 0 aliphatic carbocycles. The number of carbonyl (C=O) groups excluding carboxylic acids is 3. The van der Waals surface area contributed by atoms with Crippen LogP contribution in [0.2, 0.25) is 0 Å². The van der Waals surface area contributed by atoms with Crippen molar-refractivity contribution in [2.24, 2.45) is 5.92 Å². The topological polar surface area (TPSA) is 113 Å². The smallest absolute Gasteiger partial charge is 0.409 e. The molecule has 230 valence electrons. The summed E-state index contributed by atoms with van der Waals surface area (Å²) in [7, 11) is 0. The first-order valence-electron chi connectivity index (χ1n) is 15.2. The summed E-state index contributed by atoms with van der Waals surface area (Å²) in [6.07, 6.45) is 1.95. The van der Waals surface area contributed by atoms with E-state index in [1.165, 1.54) is 0 Å². The summed E-state index contributed by atoms with van der Waals surface area (Å²) in [6.45, 7) is 5.24. The molecule has 1 aromatic heterocycles. The first kappa shape index (κ1) is 29.9. The molecule has 4 heterocycles. The molecule has 2 bridgehead atoms. The van der Waals surface area contributed by atoms with E-state index < -0.39 is 0 Å². The Morgan fingerprint density at radius 1 is 0.955 bits per heavy atom. The second-order valence-electron chi connectivity index (χ2n) is 11.7. The summed E-state index contributed by atoms with van der Waals surface area (Å²) in [5, 5.41) is 6.20. The zero-order valence-electron chi connectivity index (χ0n) is 24.6. The van der Waals surface area contributed by atoms with Gasteiger partial charge in [0.2, 0.25) is 0 Å². The highest BCUT2D eigenvalue weighted by Gasteiger charge is 2.35. The number of likely N-dealkylation sites (tertiary alicyclic amines) is 1. The Hall–Kier alpha value is -4.12. The van der Waals surface area contributed by atoms with Gasteiger partial charge >= 0.3 is 6.09 Å². The van der Waals surface area contributed by atoms with Gasteiger partial charge in [-0.25, -0.2) is 4.79 Å². The maximum Gasteiger partial charge on any atom is 0.409 e. The lowest BCUT2D eigenvalue weighted by atomic mass is 9.83. The number of pyridine rings is 1. The van der Waals surface area contributed by atoms with E-state index in [1.54, 1.807) is 36.1 Å². The zero-order valence-corrected chi connectivity index (χ0v) is 26.2. The molecule has 2 fully saturated rings. The average Bonchev–Trinajstić information content (AvgIpc) is 3.02. The van der Waals surface area contributed by atoms with Crippen molar-refractivity contribution < 1.29 is 19.1 Å². The van der Waals surface area contributed by atoms with Crippen molar-refractivity contribution in [1.82, 2.24) is 14.8 Å². The van der Waals surface area contributed by atoms with Crippen molar-refractivity contribution in [2.45, 2.75) is 44.7 Å². The van der Waals surface area contributed by atoms with Crippen molar-refractivity contribution in [3.05, 3.63) is 92.3 Å². The number of piperidine rings is 2. The van der Waals surface area contributed by atoms with Gasteiger partial charge in [-0.05, 0) is 84.4 Å². The number of carbonyl (C=O) groups is 3. The maximum atomic E-state index is 13.5. The van der Waals surface area contributed by atoms with Crippen molar-refractivity contribution in [3.63, 3.8) is 0 Å². The molecule has 2 atom stereocenters. The number of aromatic nitrogens is 1. The summed E-state index contributed by atoms with van der Waals surface area (Å²) in [5.41, 5.74) is 3.41. The van der Waals surface area contributed by atoms with Crippen molar-refractivity contribution in [3.8, 4) is 0 Å². The van der Waals surface area contributed by atoms with E-state index in [0.717, 1.165) is 24.3 Å². The van der Waals surface area contributed by atoms with Gasteiger partial charge in [0, 0.05) is 66.5 Å². The summed E-state index contributed by atoms with van der Waals surface area (Å²) < 4.78 is 7.68. The van der Waals surface area contributed by atoms with Crippen LogP contribution in [0.4, 0.5) is 16.2 Å². The third-order valence-corrected chi connectivity index (χ3v) is 9.49. The fourth-order valence-electron chi connectivity index (χ4n) is 6.67. The summed E-state index contributed by atoms with van der Waals surface area (Å²) in [6, 6.07) is 18.1. The summed E-state index contributed by atoms with van der Waals surface area (Å²) >= 11 is 3.48. The Morgan fingerprint density at radius 2 is 1.75 bits per heavy atom. The van der Waals surface area contributed by atoms with Gasteiger partial charge in [0.05, 0.1) is 23.5 Å². The predicted molar refractivity (Wildman–Crippen MR) is 171 cm³/mol. The van der Waals surface area contributed by atoms with E-state index >= 15 is 0 Å². The van der Waals surface area contributed by atoms with E-state index in [0.29, 0.717) is 66.9 Å². The highest BCUT2D eigenvalue weighted by atomic mass is 79.9. The number of fused-ring (bicyclic) bond motifs is 4. The number of rotatable bonds is 6. The Labute approximate surface area is 264 Å². The van der Waals surface area contributed by atoms with E-state index in [2.05, 4.69) is 31.5 Å². The molecule has 2 aromatic carbocycles. The van der Waals surface area contributed by atoms with Gasteiger partial charge in [0.1, 0.15) is 0 Å². The fourth-order valence-corrected chi connectivity index (χ4v) is 7.14. The van der Waals surface area contributed by atoms with E-state index in [4.69, 9.17) is 4.74 Å². The minimum Gasteiger partial charge on any atom is -0.450 e. The molecule has 3 amide bonds. The second kappa shape index (κ2) is 12.9. The highest BCUT2D eigenvalue weighted by Crippen LogP contribution is 2.39. The van der Waals surface area contributed by atoms with Gasteiger partial charge in [0.25, 0.3) is 17.4 Å². The number of amides is 3. The Morgan fingerprint density at radius 3 is 2.52 bits per heavy atom. The molecule has 44 heavy (non-hydrogen) atoms. The monoisotopic (exact) mass is 661 g/mol. The molecule has 2 unspecified atom stereocenters. The number of hydrogen-bond donors (Lipinski definition) is 2. The number of nitrogens with one attached hydrogen (secondary N) is 2. The number of nitrogens with zero attached hydrogens (tertiary/aromatic N) is 3. The minimum atomic E-state index is -0.323. The molecule has 3 aromatic rings. The van der Waals surface area contributed by atoms with Crippen LogP contribution in [0.25, 0.3) is 0 Å². The molecule has 0 radical (unpaired) electrons. The normalized spacial score (nSPS) is 19.6. The van der Waals surface area contributed by atoms with Gasteiger partial charge in [-0.3, -0.25) is 14.4 Å². The highest BCUT2D eigenvalue weighted by molar-refractivity contribution is 9.10. The van der Waals surface area contributed by atoms with Crippen LogP contribution in [0.1, 0.15) is 58.5 Å². The number of hydrogen-bond acceptors (Lipinski definition) is 6. The largest absolute Gasteiger partial charge is 0.450 e. The lowest BCUT2D eigenvalue weighted by molar-refractivity contribution is 0.0859. The first-order valence-corrected chi connectivity index (χ1v) is 16.0. The SMILES string of the molecule is CCOC(=O)N1CCC(NC(=O)c2ccc(N3CC4CC(C3)c3cccc(=O)n3C4)c(NC(=O)c3ccccc3Br)c2)CC1. The van der Waals surface area contributed by atoms with Gasteiger partial charge < -0.3 is 29.7 Å². The molecular formula is C33H36BrN5O5. The van der Waals surface area contributed by atoms with Crippen molar-refractivity contribution in [1.29, 1.82) is 0 Å². The number of ether oxygens (including phenoxy) is 1. The molecule has 10 nitrogen and oxygen atoms in total. The summed E-state index contributed by atoms with van der Waals surface area (Å²) in [4.78, 5) is 55.4. The number of anilines is 2. The zero-order chi connectivity index (χ0) is 30.8. The van der Waals surface area contributed by atoms with Gasteiger partial charge in [0.15, 0.2) is 0 Å². The van der Waals surface area contributed by atoms with Crippen LogP contribution in [0.15, 0.2) is 69.9 Å². The van der Waals surface area contributed by atoms with Crippen LogP contribution < -0.4 is 21.1 Å². The Bertz CT molecular complexity index is 1630. The van der Waals surface area contributed by atoms with E-state index in [-0.39, 0.29) is 41.3 Å². The Kier molecular flexibility index (Phi) is 8.74.